The van der Waals surface area contributed by atoms with Crippen LogP contribution in [0.4, 0.5) is 17.6 Å². The number of hydrogen-bond acceptors (Lipinski definition) is 7. The van der Waals surface area contributed by atoms with Gasteiger partial charge in [-0.15, -0.1) is 5.10 Å². The first-order valence-electron chi connectivity index (χ1n) is 11.2. The highest BCUT2D eigenvalue weighted by Crippen LogP contribution is 2.39. The Hall–Kier alpha value is -3.14. The Morgan fingerprint density at radius 2 is 2.16 bits per heavy atom. The number of aromatic amines is 1. The van der Waals surface area contributed by atoms with Crippen molar-refractivity contribution in [2.75, 3.05) is 36.4 Å². The van der Waals surface area contributed by atoms with Gasteiger partial charge in [-0.2, -0.15) is 10.1 Å². The second-order valence-corrected chi connectivity index (χ2v) is 8.83. The number of H-pyrrole nitrogens is 1. The number of anilines is 3. The van der Waals surface area contributed by atoms with Crippen LogP contribution in [0.15, 0.2) is 24.4 Å². The fourth-order valence-corrected chi connectivity index (χ4v) is 4.40. The Morgan fingerprint density at radius 3 is 2.97 bits per heavy atom. The molecule has 1 amide bonds. The van der Waals surface area contributed by atoms with E-state index < -0.39 is 0 Å². The molecule has 1 atom stereocenters. The summed E-state index contributed by atoms with van der Waals surface area (Å²) in [6.07, 6.45) is 6.11. The molecule has 162 valence electrons. The molecule has 1 saturated carbocycles. The first kappa shape index (κ1) is 18.6. The molecule has 0 spiro atoms. The minimum atomic E-state index is -0.235. The number of rotatable bonds is 7. The van der Waals surface area contributed by atoms with Crippen LogP contribution in [0.25, 0.3) is 5.52 Å². The van der Waals surface area contributed by atoms with Crippen LogP contribution in [-0.2, 0) is 4.79 Å². The van der Waals surface area contributed by atoms with Gasteiger partial charge in [-0.05, 0) is 37.8 Å². The van der Waals surface area contributed by atoms with Crippen LogP contribution in [0.3, 0.4) is 0 Å². The summed E-state index contributed by atoms with van der Waals surface area (Å²) in [5, 5.41) is 21.9. The van der Waals surface area contributed by atoms with Crippen LogP contribution in [0.1, 0.15) is 37.3 Å². The quantitative estimate of drug-likeness (QED) is 0.456. The monoisotopic (exact) mass is 421 g/mol. The molecule has 1 aliphatic carbocycles. The van der Waals surface area contributed by atoms with E-state index in [0.717, 1.165) is 50.4 Å². The number of carbonyl (C=O) groups excluding carboxylic acids is 1. The number of nitrogens with one attached hydrogen (secondary N) is 4. The Labute approximate surface area is 179 Å². The summed E-state index contributed by atoms with van der Waals surface area (Å²) in [6.45, 7) is 3.45. The number of amides is 1. The predicted octanol–water partition coefficient (Wildman–Crippen LogP) is 1.38. The van der Waals surface area contributed by atoms with Crippen molar-refractivity contribution in [1.29, 1.82) is 0 Å². The molecule has 0 bridgehead atoms. The van der Waals surface area contributed by atoms with Gasteiger partial charge < -0.3 is 20.9 Å². The average molecular weight is 422 g/mol. The minimum Gasteiger partial charge on any atom is -0.354 e. The lowest BCUT2D eigenvalue weighted by molar-refractivity contribution is -0.122. The molecule has 0 aromatic carbocycles. The van der Waals surface area contributed by atoms with Crippen molar-refractivity contribution in [3.8, 4) is 0 Å². The molecule has 2 aliphatic heterocycles. The van der Waals surface area contributed by atoms with Gasteiger partial charge in [0.05, 0.1) is 0 Å². The zero-order valence-corrected chi connectivity index (χ0v) is 17.3. The third kappa shape index (κ3) is 3.60. The standard InChI is InChI=1S/C21H27N9O/c31-20(23-12-13-10-22-11-13)17-4-1-7-29(17)21-25-19(16-3-2-8-30(16)28-21)24-18-9-15(26-27-18)14-5-6-14/h2-3,8-9,13-14,17,22H,1,4-7,10-12H2,(H,23,31)(H2,24,25,26,27,28)/t17-/m0/s1. The van der Waals surface area contributed by atoms with Crippen molar-refractivity contribution < 1.29 is 4.79 Å². The molecule has 6 rings (SSSR count). The normalized spacial score (nSPS) is 21.4. The lowest BCUT2D eigenvalue weighted by Crippen LogP contribution is -2.51. The number of fused-ring (bicyclic) bond motifs is 1. The van der Waals surface area contributed by atoms with Crippen molar-refractivity contribution >= 4 is 29.0 Å². The molecule has 0 unspecified atom stereocenters. The minimum absolute atomic E-state index is 0.0662. The summed E-state index contributed by atoms with van der Waals surface area (Å²) < 4.78 is 1.81. The molecule has 2 saturated heterocycles. The van der Waals surface area contributed by atoms with Crippen molar-refractivity contribution in [3.63, 3.8) is 0 Å². The highest BCUT2D eigenvalue weighted by molar-refractivity contribution is 5.85. The van der Waals surface area contributed by atoms with Gasteiger partial charge in [0, 0.05) is 56.0 Å². The van der Waals surface area contributed by atoms with Crippen LogP contribution in [0.2, 0.25) is 0 Å². The first-order chi connectivity index (χ1) is 15.2. The molecular formula is C21H27N9O. The van der Waals surface area contributed by atoms with E-state index >= 15 is 0 Å². The van der Waals surface area contributed by atoms with E-state index in [1.165, 1.54) is 18.5 Å². The molecule has 0 radical (unpaired) electrons. The number of aromatic nitrogens is 5. The van der Waals surface area contributed by atoms with Crippen LogP contribution in [-0.4, -0.2) is 62.9 Å². The second-order valence-electron chi connectivity index (χ2n) is 8.83. The number of hydrogen-bond donors (Lipinski definition) is 4. The van der Waals surface area contributed by atoms with Gasteiger partial charge in [-0.3, -0.25) is 9.89 Å². The van der Waals surface area contributed by atoms with E-state index in [2.05, 4.69) is 32.2 Å². The first-order valence-corrected chi connectivity index (χ1v) is 11.2. The van der Waals surface area contributed by atoms with Gasteiger partial charge in [0.2, 0.25) is 11.9 Å². The average Bonchev–Trinajstić information content (AvgIpc) is 3.13. The molecule has 10 heteroatoms. The third-order valence-electron chi connectivity index (χ3n) is 6.48. The Morgan fingerprint density at radius 1 is 1.26 bits per heavy atom. The fourth-order valence-electron chi connectivity index (χ4n) is 4.40. The largest absolute Gasteiger partial charge is 0.354 e. The fraction of sp³-hybridized carbons (Fsp3) is 0.524. The molecule has 3 aliphatic rings. The molecular weight excluding hydrogens is 394 g/mol. The predicted molar refractivity (Wildman–Crippen MR) is 117 cm³/mol. The molecule has 3 fully saturated rings. The Bertz CT molecular complexity index is 1100. The van der Waals surface area contributed by atoms with Gasteiger partial charge in [0.1, 0.15) is 11.6 Å². The van der Waals surface area contributed by atoms with Gasteiger partial charge in [-0.1, -0.05) is 0 Å². The zero-order valence-electron chi connectivity index (χ0n) is 17.3. The van der Waals surface area contributed by atoms with Crippen LogP contribution in [0.5, 0.6) is 0 Å². The summed E-state index contributed by atoms with van der Waals surface area (Å²) in [6, 6.07) is 5.74. The molecule has 3 aromatic heterocycles. The summed E-state index contributed by atoms with van der Waals surface area (Å²) in [4.78, 5) is 19.7. The second kappa shape index (κ2) is 7.52. The van der Waals surface area contributed by atoms with Crippen molar-refractivity contribution in [2.45, 2.75) is 37.6 Å². The smallest absolute Gasteiger partial charge is 0.246 e. The van der Waals surface area contributed by atoms with E-state index in [4.69, 9.17) is 10.1 Å². The Kier molecular flexibility index (Phi) is 4.52. The van der Waals surface area contributed by atoms with E-state index in [1.807, 2.05) is 27.7 Å². The topological polar surface area (TPSA) is 115 Å². The van der Waals surface area contributed by atoms with E-state index in [9.17, 15) is 4.79 Å². The third-order valence-corrected chi connectivity index (χ3v) is 6.48. The maximum absolute atomic E-state index is 12.9. The van der Waals surface area contributed by atoms with Gasteiger partial charge in [0.15, 0.2) is 11.6 Å². The molecule has 31 heavy (non-hydrogen) atoms. The van der Waals surface area contributed by atoms with Crippen molar-refractivity contribution in [1.82, 2.24) is 35.4 Å². The summed E-state index contributed by atoms with van der Waals surface area (Å²) in [7, 11) is 0. The zero-order chi connectivity index (χ0) is 20.8. The lowest BCUT2D eigenvalue weighted by atomic mass is 10.0. The van der Waals surface area contributed by atoms with Gasteiger partial charge >= 0.3 is 0 Å². The number of nitrogens with zero attached hydrogens (tertiary/aromatic N) is 5. The molecule has 5 heterocycles. The van der Waals surface area contributed by atoms with Crippen molar-refractivity contribution in [3.05, 3.63) is 30.1 Å². The Balaban J connectivity index is 1.25. The van der Waals surface area contributed by atoms with E-state index in [0.29, 0.717) is 23.6 Å². The highest BCUT2D eigenvalue weighted by atomic mass is 16.2. The lowest BCUT2D eigenvalue weighted by Gasteiger charge is -2.29. The van der Waals surface area contributed by atoms with Crippen LogP contribution >= 0.6 is 0 Å². The van der Waals surface area contributed by atoms with Crippen LogP contribution < -0.4 is 20.9 Å². The molecule has 3 aromatic rings. The summed E-state index contributed by atoms with van der Waals surface area (Å²) in [5.41, 5.74) is 2.04. The maximum Gasteiger partial charge on any atom is 0.246 e. The summed E-state index contributed by atoms with van der Waals surface area (Å²) >= 11 is 0. The van der Waals surface area contributed by atoms with Gasteiger partial charge in [-0.25, -0.2) is 4.52 Å². The van der Waals surface area contributed by atoms with E-state index in [-0.39, 0.29) is 11.9 Å². The van der Waals surface area contributed by atoms with Gasteiger partial charge in [0.25, 0.3) is 0 Å². The van der Waals surface area contributed by atoms with Crippen LogP contribution in [0, 0.1) is 5.92 Å². The maximum atomic E-state index is 12.9. The molecule has 10 nitrogen and oxygen atoms in total. The SMILES string of the molecule is O=C(NCC1CNC1)[C@@H]1CCCN1c1nc(Nc2cc(C3CC3)[nH]n2)c2cccn2n1. The van der Waals surface area contributed by atoms with E-state index in [1.54, 1.807) is 0 Å². The van der Waals surface area contributed by atoms with Crippen molar-refractivity contribution in [2.24, 2.45) is 5.92 Å². The number of carbonyl (C=O) groups is 1. The highest BCUT2D eigenvalue weighted by Gasteiger charge is 2.34. The molecule has 4 N–H and O–H groups in total. The summed E-state index contributed by atoms with van der Waals surface area (Å²) in [5.74, 6) is 3.21.